The van der Waals surface area contributed by atoms with Crippen molar-refractivity contribution in [3.8, 4) is 0 Å². The van der Waals surface area contributed by atoms with E-state index in [1.54, 1.807) is 6.92 Å². The predicted molar refractivity (Wildman–Crippen MR) is 69.7 cm³/mol. The van der Waals surface area contributed by atoms with Crippen LogP contribution in [0.3, 0.4) is 0 Å². The van der Waals surface area contributed by atoms with Gasteiger partial charge in [0, 0.05) is 5.57 Å². The molecule has 0 heterocycles. The van der Waals surface area contributed by atoms with Crippen molar-refractivity contribution in [2.75, 3.05) is 6.61 Å². The summed E-state index contributed by atoms with van der Waals surface area (Å²) in [4.78, 5) is 11.4. The lowest BCUT2D eigenvalue weighted by Gasteiger charge is -2.24. The highest BCUT2D eigenvalue weighted by atomic mass is 16.6. The molecule has 100 valence electrons. The summed E-state index contributed by atoms with van der Waals surface area (Å²) in [5, 5.41) is 9.31. The largest absolute Gasteiger partial charge is 0.456 e. The molecule has 0 aliphatic heterocycles. The highest BCUT2D eigenvalue weighted by molar-refractivity contribution is 5.87. The fourth-order valence-electron chi connectivity index (χ4n) is 1.83. The molecule has 0 radical (unpaired) electrons. The lowest BCUT2D eigenvalue weighted by Crippen LogP contribution is -2.30. The summed E-state index contributed by atoms with van der Waals surface area (Å²) in [5.74, 6) is -0.159. The van der Waals surface area contributed by atoms with Gasteiger partial charge in [0.05, 0.1) is 6.61 Å². The van der Waals surface area contributed by atoms with Gasteiger partial charge in [-0.25, -0.2) is 4.79 Å². The third-order valence-electron chi connectivity index (χ3n) is 3.02. The summed E-state index contributed by atoms with van der Waals surface area (Å²) in [5.41, 5.74) is 0.381. The fraction of sp³-hybridized carbons (Fsp3) is 0.786. The molecule has 0 saturated heterocycles. The zero-order chi connectivity index (χ0) is 13.3. The third-order valence-corrected chi connectivity index (χ3v) is 3.02. The van der Waals surface area contributed by atoms with Crippen molar-refractivity contribution < 1.29 is 14.6 Å². The Morgan fingerprint density at radius 3 is 2.41 bits per heavy atom. The summed E-state index contributed by atoms with van der Waals surface area (Å²) in [7, 11) is 0. The zero-order valence-corrected chi connectivity index (χ0v) is 11.4. The monoisotopic (exact) mass is 242 g/mol. The molecule has 3 heteroatoms. The number of carbonyl (C=O) groups excluding carboxylic acids is 1. The molecule has 0 saturated carbocycles. The molecule has 0 spiro atoms. The van der Waals surface area contributed by atoms with E-state index in [0.717, 1.165) is 19.3 Å². The quantitative estimate of drug-likeness (QED) is 0.384. The second-order valence-corrected chi connectivity index (χ2v) is 4.57. The van der Waals surface area contributed by atoms with Crippen molar-refractivity contribution in [3.63, 3.8) is 0 Å². The van der Waals surface area contributed by atoms with Gasteiger partial charge in [-0.15, -0.1) is 0 Å². The minimum atomic E-state index is -0.405. The number of aliphatic hydroxyl groups excluding tert-OH is 1. The number of aliphatic hydroxyl groups is 1. The normalized spacial score (nSPS) is 14.1. The van der Waals surface area contributed by atoms with E-state index in [1.165, 1.54) is 12.8 Å². The Morgan fingerprint density at radius 2 is 2.00 bits per heavy atom. The van der Waals surface area contributed by atoms with Crippen molar-refractivity contribution in [1.29, 1.82) is 0 Å². The van der Waals surface area contributed by atoms with Crippen LogP contribution in [0.25, 0.3) is 0 Å². The zero-order valence-electron chi connectivity index (χ0n) is 11.4. The number of rotatable bonds is 9. The Bertz CT molecular complexity index is 236. The van der Waals surface area contributed by atoms with Gasteiger partial charge in [0.1, 0.15) is 6.10 Å². The highest BCUT2D eigenvalue weighted by Crippen LogP contribution is 2.20. The molecule has 0 aromatic rings. The van der Waals surface area contributed by atoms with Gasteiger partial charge in [-0.3, -0.25) is 0 Å². The molecule has 0 aliphatic rings. The van der Waals surface area contributed by atoms with Crippen molar-refractivity contribution in [2.45, 2.75) is 59.0 Å². The molecular weight excluding hydrogens is 216 g/mol. The maximum atomic E-state index is 11.4. The van der Waals surface area contributed by atoms with E-state index in [1.807, 2.05) is 0 Å². The Balaban J connectivity index is 4.27. The lowest BCUT2D eigenvalue weighted by atomic mass is 9.93. The van der Waals surface area contributed by atoms with Gasteiger partial charge >= 0.3 is 5.97 Å². The van der Waals surface area contributed by atoms with E-state index in [9.17, 15) is 9.90 Å². The first kappa shape index (κ1) is 16.2. The first-order chi connectivity index (χ1) is 8.06. The topological polar surface area (TPSA) is 46.5 Å². The molecule has 0 aliphatic carbocycles. The minimum absolute atomic E-state index is 0.107. The Kier molecular flexibility index (Phi) is 8.78. The highest BCUT2D eigenvalue weighted by Gasteiger charge is 2.23. The minimum Gasteiger partial charge on any atom is -0.456 e. The van der Waals surface area contributed by atoms with Crippen LogP contribution >= 0.6 is 0 Å². The first-order valence-electron chi connectivity index (χ1n) is 6.54. The van der Waals surface area contributed by atoms with Gasteiger partial charge in [0.2, 0.25) is 0 Å². The van der Waals surface area contributed by atoms with Gasteiger partial charge < -0.3 is 9.84 Å². The van der Waals surface area contributed by atoms with Crippen LogP contribution in [-0.4, -0.2) is 23.8 Å². The average Bonchev–Trinajstić information content (AvgIpc) is 2.32. The molecule has 0 rings (SSSR count). The number of esters is 1. The second-order valence-electron chi connectivity index (χ2n) is 4.57. The van der Waals surface area contributed by atoms with Crippen LogP contribution in [0, 0.1) is 5.92 Å². The average molecular weight is 242 g/mol. The number of carbonyl (C=O) groups is 1. The number of unbranched alkanes of at least 4 members (excludes halogenated alkanes) is 2. The van der Waals surface area contributed by atoms with E-state index in [0.29, 0.717) is 5.57 Å². The van der Waals surface area contributed by atoms with Crippen LogP contribution < -0.4 is 0 Å². The number of ether oxygens (including phenoxy) is 1. The molecule has 17 heavy (non-hydrogen) atoms. The summed E-state index contributed by atoms with van der Waals surface area (Å²) in [6, 6.07) is 0. The summed E-state index contributed by atoms with van der Waals surface area (Å²) in [6.45, 7) is 9.28. The van der Waals surface area contributed by atoms with Crippen LogP contribution in [0.4, 0.5) is 0 Å². The van der Waals surface area contributed by atoms with E-state index < -0.39 is 5.97 Å². The van der Waals surface area contributed by atoms with E-state index in [4.69, 9.17) is 4.74 Å². The Labute approximate surface area is 105 Å². The van der Waals surface area contributed by atoms with Crippen LogP contribution in [-0.2, 0) is 9.53 Å². The van der Waals surface area contributed by atoms with Crippen molar-refractivity contribution in [1.82, 2.24) is 0 Å². The Morgan fingerprint density at radius 1 is 1.35 bits per heavy atom. The van der Waals surface area contributed by atoms with Crippen LogP contribution in [0.1, 0.15) is 52.9 Å². The number of hydrogen-bond donors (Lipinski definition) is 1. The molecular formula is C14H26O3. The van der Waals surface area contributed by atoms with Crippen LogP contribution in [0.5, 0.6) is 0 Å². The molecule has 0 aromatic heterocycles. The van der Waals surface area contributed by atoms with Crippen molar-refractivity contribution in [3.05, 3.63) is 12.2 Å². The van der Waals surface area contributed by atoms with Crippen molar-refractivity contribution >= 4 is 5.97 Å². The van der Waals surface area contributed by atoms with Gasteiger partial charge in [-0.1, -0.05) is 39.7 Å². The third kappa shape index (κ3) is 6.47. The molecule has 2 unspecified atom stereocenters. The van der Waals surface area contributed by atoms with Crippen LogP contribution in [0.2, 0.25) is 0 Å². The summed E-state index contributed by atoms with van der Waals surface area (Å²) >= 11 is 0. The fourth-order valence-corrected chi connectivity index (χ4v) is 1.83. The standard InChI is InChI=1S/C14H26O3/c1-5-7-8-9-12(6-2)13(10-15)17-14(16)11(3)4/h12-13,15H,3,5-10H2,1-2,4H3. The molecule has 1 N–H and O–H groups in total. The van der Waals surface area contributed by atoms with E-state index >= 15 is 0 Å². The van der Waals surface area contributed by atoms with Crippen LogP contribution in [0.15, 0.2) is 12.2 Å². The molecule has 0 fully saturated rings. The van der Waals surface area contributed by atoms with E-state index in [2.05, 4.69) is 20.4 Å². The van der Waals surface area contributed by atoms with Crippen molar-refractivity contribution in [2.24, 2.45) is 5.92 Å². The van der Waals surface area contributed by atoms with Gasteiger partial charge in [-0.2, -0.15) is 0 Å². The molecule has 0 bridgehead atoms. The molecule has 2 atom stereocenters. The van der Waals surface area contributed by atoms with E-state index in [-0.39, 0.29) is 18.6 Å². The van der Waals surface area contributed by atoms with Gasteiger partial charge in [0.25, 0.3) is 0 Å². The lowest BCUT2D eigenvalue weighted by molar-refractivity contribution is -0.149. The number of hydrogen-bond acceptors (Lipinski definition) is 3. The molecule has 0 amide bonds. The smallest absolute Gasteiger partial charge is 0.333 e. The predicted octanol–water partition coefficient (Wildman–Crippen LogP) is 3.07. The summed E-state index contributed by atoms with van der Waals surface area (Å²) in [6.07, 6.45) is 5.00. The second kappa shape index (κ2) is 9.23. The maximum absolute atomic E-state index is 11.4. The molecule has 0 aromatic carbocycles. The van der Waals surface area contributed by atoms with Gasteiger partial charge in [-0.05, 0) is 25.7 Å². The van der Waals surface area contributed by atoms with Gasteiger partial charge in [0.15, 0.2) is 0 Å². The summed E-state index contributed by atoms with van der Waals surface area (Å²) < 4.78 is 5.26. The maximum Gasteiger partial charge on any atom is 0.333 e. The SMILES string of the molecule is C=C(C)C(=O)OC(CO)C(CC)CCCCC. The molecule has 3 nitrogen and oxygen atoms in total. The first-order valence-corrected chi connectivity index (χ1v) is 6.54. The Hall–Kier alpha value is -0.830.